The zero-order chi connectivity index (χ0) is 14.8. The average molecular weight is 279 g/mol. The highest BCUT2D eigenvalue weighted by Gasteiger charge is 2.39. The molecule has 1 heterocycles. The van der Waals surface area contributed by atoms with Gasteiger partial charge in [-0.3, -0.25) is 19.8 Å². The molecule has 20 heavy (non-hydrogen) atoms. The predicted octanol–water partition coefficient (Wildman–Crippen LogP) is 0.990. The van der Waals surface area contributed by atoms with Crippen LogP contribution in [0.25, 0.3) is 0 Å². The topological polar surface area (TPSA) is 95.7 Å². The lowest BCUT2D eigenvalue weighted by Crippen LogP contribution is -2.62. The van der Waals surface area contributed by atoms with E-state index in [1.165, 1.54) is 12.1 Å². The Hall–Kier alpha value is -1.99. The molecule has 1 aromatic carbocycles. The highest BCUT2D eigenvalue weighted by Crippen LogP contribution is 2.25. The van der Waals surface area contributed by atoms with Crippen molar-refractivity contribution in [3.8, 4) is 0 Å². The number of rotatable bonds is 5. The maximum absolute atomic E-state index is 11.8. The summed E-state index contributed by atoms with van der Waals surface area (Å²) in [6.45, 7) is 2.92. The Morgan fingerprint density at radius 2 is 2.15 bits per heavy atom. The molecule has 0 atom stereocenters. The SMILES string of the molecule is CCC1(O)CN(CC(=O)Nc2ccccc2[N+](=O)[O-])C1. The highest BCUT2D eigenvalue weighted by molar-refractivity contribution is 5.94. The van der Waals surface area contributed by atoms with E-state index in [1.807, 2.05) is 6.92 Å². The van der Waals surface area contributed by atoms with Gasteiger partial charge in [-0.15, -0.1) is 0 Å². The average Bonchev–Trinajstić information content (AvgIpc) is 2.37. The Balaban J connectivity index is 1.92. The summed E-state index contributed by atoms with van der Waals surface area (Å²) in [6.07, 6.45) is 0.648. The number of carbonyl (C=O) groups is 1. The summed E-state index contributed by atoms with van der Waals surface area (Å²) in [7, 11) is 0. The number of nitro benzene ring substituents is 1. The molecule has 1 saturated heterocycles. The fourth-order valence-corrected chi connectivity index (χ4v) is 2.25. The van der Waals surface area contributed by atoms with Crippen LogP contribution >= 0.6 is 0 Å². The normalized spacial score (nSPS) is 17.3. The fourth-order valence-electron chi connectivity index (χ4n) is 2.25. The Kier molecular flexibility index (Phi) is 4.01. The van der Waals surface area contributed by atoms with Crippen molar-refractivity contribution in [2.45, 2.75) is 18.9 Å². The van der Waals surface area contributed by atoms with E-state index in [4.69, 9.17) is 0 Å². The molecule has 1 aliphatic heterocycles. The van der Waals surface area contributed by atoms with Gasteiger partial charge in [0.1, 0.15) is 5.69 Å². The molecule has 0 radical (unpaired) electrons. The van der Waals surface area contributed by atoms with E-state index in [9.17, 15) is 20.0 Å². The Morgan fingerprint density at radius 1 is 1.50 bits per heavy atom. The van der Waals surface area contributed by atoms with Crippen LogP contribution in [0.2, 0.25) is 0 Å². The molecule has 0 aliphatic carbocycles. The predicted molar refractivity (Wildman–Crippen MR) is 73.4 cm³/mol. The molecule has 0 unspecified atom stereocenters. The van der Waals surface area contributed by atoms with Crippen LogP contribution in [0.4, 0.5) is 11.4 Å². The van der Waals surface area contributed by atoms with Crippen molar-refractivity contribution in [1.29, 1.82) is 0 Å². The third-order valence-corrected chi connectivity index (χ3v) is 3.44. The fraction of sp³-hybridized carbons (Fsp3) is 0.462. The number of carbonyl (C=O) groups excluding carboxylic acids is 1. The van der Waals surface area contributed by atoms with Crippen molar-refractivity contribution in [3.05, 3.63) is 34.4 Å². The minimum Gasteiger partial charge on any atom is -0.387 e. The molecule has 7 nitrogen and oxygen atoms in total. The number of aliphatic hydroxyl groups is 1. The maximum Gasteiger partial charge on any atom is 0.292 e. The van der Waals surface area contributed by atoms with Gasteiger partial charge in [0, 0.05) is 19.2 Å². The van der Waals surface area contributed by atoms with E-state index in [0.29, 0.717) is 19.5 Å². The lowest BCUT2D eigenvalue weighted by Gasteiger charge is -2.45. The quantitative estimate of drug-likeness (QED) is 0.619. The number of nitrogens with zero attached hydrogens (tertiary/aromatic N) is 2. The lowest BCUT2D eigenvalue weighted by atomic mass is 9.91. The van der Waals surface area contributed by atoms with Crippen LogP contribution in [0.15, 0.2) is 24.3 Å². The van der Waals surface area contributed by atoms with Gasteiger partial charge in [-0.05, 0) is 12.5 Å². The van der Waals surface area contributed by atoms with Crippen LogP contribution in [0.1, 0.15) is 13.3 Å². The molecule has 0 aromatic heterocycles. The molecule has 0 bridgehead atoms. The summed E-state index contributed by atoms with van der Waals surface area (Å²) in [5.74, 6) is -0.322. The Bertz CT molecular complexity index is 526. The second-order valence-corrected chi connectivity index (χ2v) is 5.05. The number of likely N-dealkylation sites (tertiary alicyclic amines) is 1. The monoisotopic (exact) mass is 279 g/mol. The minimum atomic E-state index is -0.695. The van der Waals surface area contributed by atoms with Crippen molar-refractivity contribution in [2.24, 2.45) is 0 Å². The zero-order valence-electron chi connectivity index (χ0n) is 11.2. The standard InChI is InChI=1S/C13H17N3O4/c1-2-13(18)8-15(9-13)7-12(17)14-10-5-3-4-6-11(10)16(19)20/h3-6,18H,2,7-9H2,1H3,(H,14,17). The van der Waals surface area contributed by atoms with Crippen molar-refractivity contribution in [2.75, 3.05) is 25.0 Å². The smallest absolute Gasteiger partial charge is 0.292 e. The van der Waals surface area contributed by atoms with Gasteiger partial charge in [-0.1, -0.05) is 19.1 Å². The third-order valence-electron chi connectivity index (χ3n) is 3.44. The molecule has 1 aliphatic rings. The molecule has 2 N–H and O–H groups in total. The van der Waals surface area contributed by atoms with Gasteiger partial charge in [-0.25, -0.2) is 0 Å². The van der Waals surface area contributed by atoms with E-state index >= 15 is 0 Å². The summed E-state index contributed by atoms with van der Waals surface area (Å²) in [6, 6.07) is 6.01. The first kappa shape index (κ1) is 14.4. The maximum atomic E-state index is 11.8. The van der Waals surface area contributed by atoms with E-state index in [-0.39, 0.29) is 23.8 Å². The van der Waals surface area contributed by atoms with E-state index in [0.717, 1.165) is 0 Å². The van der Waals surface area contributed by atoms with E-state index in [2.05, 4.69) is 5.32 Å². The number of hydrogen-bond donors (Lipinski definition) is 2. The van der Waals surface area contributed by atoms with Crippen LogP contribution in [0.5, 0.6) is 0 Å². The van der Waals surface area contributed by atoms with Gasteiger partial charge in [0.15, 0.2) is 0 Å². The molecule has 1 aromatic rings. The molecule has 2 rings (SSSR count). The van der Waals surface area contributed by atoms with Gasteiger partial charge < -0.3 is 10.4 Å². The first-order valence-corrected chi connectivity index (χ1v) is 6.41. The second-order valence-electron chi connectivity index (χ2n) is 5.05. The molecule has 1 fully saturated rings. The van der Waals surface area contributed by atoms with Crippen LogP contribution in [-0.2, 0) is 4.79 Å². The van der Waals surface area contributed by atoms with Crippen molar-refractivity contribution < 1.29 is 14.8 Å². The Labute approximate surface area is 116 Å². The lowest BCUT2D eigenvalue weighted by molar-refractivity contribution is -0.383. The molecule has 108 valence electrons. The number of amides is 1. The zero-order valence-corrected chi connectivity index (χ0v) is 11.2. The van der Waals surface area contributed by atoms with Gasteiger partial charge >= 0.3 is 0 Å². The second kappa shape index (κ2) is 5.56. The van der Waals surface area contributed by atoms with Crippen LogP contribution in [0, 0.1) is 10.1 Å². The summed E-state index contributed by atoms with van der Waals surface area (Å²) >= 11 is 0. The number of anilines is 1. The molecular weight excluding hydrogens is 262 g/mol. The van der Waals surface area contributed by atoms with Gasteiger partial charge in [0.2, 0.25) is 5.91 Å². The largest absolute Gasteiger partial charge is 0.387 e. The van der Waals surface area contributed by atoms with Crippen LogP contribution < -0.4 is 5.32 Å². The summed E-state index contributed by atoms with van der Waals surface area (Å²) in [5.41, 5.74) is -0.637. The number of para-hydroxylation sites is 2. The third kappa shape index (κ3) is 3.12. The first-order chi connectivity index (χ1) is 9.43. The number of β-amino-alcohol motifs (C(OH)–C–C–N with tert-alkyl or cyclic N) is 1. The van der Waals surface area contributed by atoms with Crippen LogP contribution in [0.3, 0.4) is 0 Å². The Morgan fingerprint density at radius 3 is 2.75 bits per heavy atom. The number of nitrogens with one attached hydrogen (secondary N) is 1. The van der Waals surface area contributed by atoms with Crippen molar-refractivity contribution in [1.82, 2.24) is 4.90 Å². The number of hydrogen-bond acceptors (Lipinski definition) is 5. The van der Waals surface area contributed by atoms with Crippen LogP contribution in [-0.4, -0.2) is 46.1 Å². The first-order valence-electron chi connectivity index (χ1n) is 6.41. The molecule has 7 heteroatoms. The summed E-state index contributed by atoms with van der Waals surface area (Å²) in [5, 5.41) is 23.2. The minimum absolute atomic E-state index is 0.119. The molecular formula is C13H17N3O4. The molecule has 0 saturated carbocycles. The van der Waals surface area contributed by atoms with Gasteiger partial charge in [-0.2, -0.15) is 0 Å². The van der Waals surface area contributed by atoms with Crippen molar-refractivity contribution in [3.63, 3.8) is 0 Å². The number of benzene rings is 1. The van der Waals surface area contributed by atoms with Crippen molar-refractivity contribution >= 4 is 17.3 Å². The summed E-state index contributed by atoms with van der Waals surface area (Å²) < 4.78 is 0. The molecule has 0 spiro atoms. The van der Waals surface area contributed by atoms with Gasteiger partial charge in [0.05, 0.1) is 17.1 Å². The van der Waals surface area contributed by atoms with Gasteiger partial charge in [0.25, 0.3) is 5.69 Å². The molecule has 1 amide bonds. The van der Waals surface area contributed by atoms with E-state index < -0.39 is 10.5 Å². The number of nitro groups is 1. The highest BCUT2D eigenvalue weighted by atomic mass is 16.6. The summed E-state index contributed by atoms with van der Waals surface area (Å²) in [4.78, 5) is 23.9. The van der Waals surface area contributed by atoms with E-state index in [1.54, 1.807) is 17.0 Å².